The van der Waals surface area contributed by atoms with E-state index in [0.29, 0.717) is 37.2 Å². The molecular formula is C16H17N3O2. The van der Waals surface area contributed by atoms with Crippen LogP contribution in [0.25, 0.3) is 0 Å². The van der Waals surface area contributed by atoms with Crippen LogP contribution in [0.5, 0.6) is 0 Å². The van der Waals surface area contributed by atoms with Gasteiger partial charge in [-0.2, -0.15) is 5.26 Å². The smallest absolute Gasteiger partial charge is 0.253 e. The molecule has 2 saturated heterocycles. The first-order chi connectivity index (χ1) is 10.0. The minimum atomic E-state index is -0.0878. The molecule has 1 N–H and O–H groups in total. The predicted octanol–water partition coefficient (Wildman–Crippen LogP) is 1.22. The fourth-order valence-electron chi connectivity index (χ4n) is 3.21. The van der Waals surface area contributed by atoms with E-state index in [1.807, 2.05) is 6.92 Å². The van der Waals surface area contributed by atoms with E-state index in [1.165, 1.54) is 0 Å². The highest BCUT2D eigenvalue weighted by Crippen LogP contribution is 2.37. The first kappa shape index (κ1) is 13.6. The van der Waals surface area contributed by atoms with Gasteiger partial charge in [-0.25, -0.2) is 0 Å². The van der Waals surface area contributed by atoms with Crippen molar-refractivity contribution >= 4 is 11.8 Å². The Labute approximate surface area is 123 Å². The van der Waals surface area contributed by atoms with Crippen molar-refractivity contribution < 1.29 is 9.59 Å². The van der Waals surface area contributed by atoms with Crippen LogP contribution in [0, 0.1) is 23.7 Å². The molecule has 2 amide bonds. The molecule has 2 heterocycles. The summed E-state index contributed by atoms with van der Waals surface area (Å²) < 4.78 is 0. The average Bonchev–Trinajstić information content (AvgIpc) is 3.06. The van der Waals surface area contributed by atoms with E-state index in [0.717, 1.165) is 12.0 Å². The molecule has 1 unspecified atom stereocenters. The average molecular weight is 283 g/mol. The van der Waals surface area contributed by atoms with Gasteiger partial charge in [-0.1, -0.05) is 6.07 Å². The van der Waals surface area contributed by atoms with Crippen LogP contribution in [0.1, 0.15) is 34.3 Å². The Morgan fingerprint density at radius 2 is 2.29 bits per heavy atom. The molecule has 2 aliphatic rings. The maximum absolute atomic E-state index is 12.6. The van der Waals surface area contributed by atoms with Gasteiger partial charge in [0, 0.05) is 37.0 Å². The van der Waals surface area contributed by atoms with E-state index in [4.69, 9.17) is 5.26 Å². The van der Waals surface area contributed by atoms with Gasteiger partial charge >= 0.3 is 0 Å². The van der Waals surface area contributed by atoms with Crippen molar-refractivity contribution in [2.45, 2.75) is 19.8 Å². The van der Waals surface area contributed by atoms with Crippen LogP contribution < -0.4 is 5.32 Å². The summed E-state index contributed by atoms with van der Waals surface area (Å²) in [6.07, 6.45) is 1.36. The van der Waals surface area contributed by atoms with E-state index < -0.39 is 0 Å². The molecule has 0 saturated carbocycles. The van der Waals surface area contributed by atoms with Crippen LogP contribution in [0.3, 0.4) is 0 Å². The quantitative estimate of drug-likeness (QED) is 0.842. The Kier molecular flexibility index (Phi) is 3.17. The SMILES string of the molecule is Cc1ccc(C(=O)N2CCC3(CNC(=O)C3)C2)cc1C#N. The number of nitriles is 1. The monoisotopic (exact) mass is 283 g/mol. The van der Waals surface area contributed by atoms with Crippen LogP contribution in [-0.4, -0.2) is 36.3 Å². The highest BCUT2D eigenvalue weighted by Gasteiger charge is 2.45. The lowest BCUT2D eigenvalue weighted by Crippen LogP contribution is -2.33. The third-order valence-corrected chi connectivity index (χ3v) is 4.53. The van der Waals surface area contributed by atoms with Crippen molar-refractivity contribution in [1.29, 1.82) is 5.26 Å². The van der Waals surface area contributed by atoms with Crippen LogP contribution in [0.2, 0.25) is 0 Å². The molecule has 0 radical (unpaired) electrons. The molecular weight excluding hydrogens is 266 g/mol. The van der Waals surface area contributed by atoms with E-state index in [-0.39, 0.29) is 17.2 Å². The Morgan fingerprint density at radius 1 is 1.48 bits per heavy atom. The van der Waals surface area contributed by atoms with E-state index in [2.05, 4.69) is 11.4 Å². The van der Waals surface area contributed by atoms with Crippen molar-refractivity contribution in [3.63, 3.8) is 0 Å². The number of aryl methyl sites for hydroxylation is 1. The Balaban J connectivity index is 1.78. The van der Waals surface area contributed by atoms with Gasteiger partial charge < -0.3 is 10.2 Å². The van der Waals surface area contributed by atoms with Gasteiger partial charge in [0.05, 0.1) is 11.6 Å². The number of amides is 2. The maximum atomic E-state index is 12.6. The highest BCUT2D eigenvalue weighted by atomic mass is 16.2. The van der Waals surface area contributed by atoms with Crippen molar-refractivity contribution in [3.05, 3.63) is 34.9 Å². The lowest BCUT2D eigenvalue weighted by Gasteiger charge is -2.22. The topological polar surface area (TPSA) is 73.2 Å². The number of benzene rings is 1. The molecule has 2 fully saturated rings. The zero-order chi connectivity index (χ0) is 15.0. The van der Waals surface area contributed by atoms with Crippen molar-refractivity contribution in [3.8, 4) is 6.07 Å². The van der Waals surface area contributed by atoms with E-state index in [9.17, 15) is 9.59 Å². The predicted molar refractivity (Wildman–Crippen MR) is 76.5 cm³/mol. The number of carbonyl (C=O) groups excluding carboxylic acids is 2. The van der Waals surface area contributed by atoms with Gasteiger partial charge in [-0.3, -0.25) is 9.59 Å². The zero-order valence-electron chi connectivity index (χ0n) is 12.0. The third-order valence-electron chi connectivity index (χ3n) is 4.53. The zero-order valence-corrected chi connectivity index (χ0v) is 12.0. The summed E-state index contributed by atoms with van der Waals surface area (Å²) in [6, 6.07) is 7.33. The van der Waals surface area contributed by atoms with Gasteiger partial charge in [0.1, 0.15) is 0 Å². The number of nitrogens with one attached hydrogen (secondary N) is 1. The van der Waals surface area contributed by atoms with Crippen molar-refractivity contribution in [2.75, 3.05) is 19.6 Å². The highest BCUT2D eigenvalue weighted by molar-refractivity contribution is 5.95. The number of carbonyl (C=O) groups is 2. The van der Waals surface area contributed by atoms with Gasteiger partial charge in [-0.05, 0) is 31.0 Å². The Hall–Kier alpha value is -2.35. The van der Waals surface area contributed by atoms with Gasteiger partial charge in [0.2, 0.25) is 5.91 Å². The van der Waals surface area contributed by atoms with Crippen LogP contribution in [0.4, 0.5) is 0 Å². The minimum absolute atomic E-state index is 0.0530. The fraction of sp³-hybridized carbons (Fsp3) is 0.438. The summed E-state index contributed by atoms with van der Waals surface area (Å²) in [6.45, 7) is 3.80. The Morgan fingerprint density at radius 3 is 2.95 bits per heavy atom. The molecule has 5 nitrogen and oxygen atoms in total. The molecule has 3 rings (SSSR count). The number of likely N-dealkylation sites (tertiary alicyclic amines) is 1. The molecule has 0 aromatic heterocycles. The fourth-order valence-corrected chi connectivity index (χ4v) is 3.21. The van der Waals surface area contributed by atoms with Crippen LogP contribution in [0.15, 0.2) is 18.2 Å². The largest absolute Gasteiger partial charge is 0.355 e. The molecule has 1 spiro atoms. The van der Waals surface area contributed by atoms with Crippen LogP contribution in [-0.2, 0) is 4.79 Å². The molecule has 0 aliphatic carbocycles. The third kappa shape index (κ3) is 2.38. The number of hydrogen-bond acceptors (Lipinski definition) is 3. The molecule has 1 aromatic rings. The van der Waals surface area contributed by atoms with Gasteiger partial charge in [-0.15, -0.1) is 0 Å². The van der Waals surface area contributed by atoms with E-state index in [1.54, 1.807) is 23.1 Å². The summed E-state index contributed by atoms with van der Waals surface area (Å²) in [7, 11) is 0. The molecule has 0 bridgehead atoms. The number of hydrogen-bond donors (Lipinski definition) is 1. The second-order valence-corrected chi connectivity index (χ2v) is 6.07. The summed E-state index contributed by atoms with van der Waals surface area (Å²) in [5.74, 6) is 0.0223. The molecule has 1 atom stereocenters. The first-order valence-electron chi connectivity index (χ1n) is 7.10. The molecule has 1 aromatic carbocycles. The summed E-state index contributed by atoms with van der Waals surface area (Å²) in [4.78, 5) is 25.8. The second kappa shape index (κ2) is 4.88. The standard InChI is InChI=1S/C16H17N3O2/c1-11-2-3-12(6-13(11)8-17)15(21)19-5-4-16(10-19)7-14(20)18-9-16/h2-3,6H,4-5,7,9-10H2,1H3,(H,18,20). The maximum Gasteiger partial charge on any atom is 0.253 e. The molecule has 21 heavy (non-hydrogen) atoms. The van der Waals surface area contributed by atoms with Crippen LogP contribution >= 0.6 is 0 Å². The normalized spacial score (nSPS) is 24.2. The number of nitrogens with zero attached hydrogens (tertiary/aromatic N) is 2. The Bertz CT molecular complexity index is 662. The second-order valence-electron chi connectivity index (χ2n) is 6.07. The molecule has 108 valence electrons. The molecule has 5 heteroatoms. The number of rotatable bonds is 1. The van der Waals surface area contributed by atoms with Gasteiger partial charge in [0.15, 0.2) is 0 Å². The van der Waals surface area contributed by atoms with Crippen molar-refractivity contribution in [1.82, 2.24) is 10.2 Å². The first-order valence-corrected chi connectivity index (χ1v) is 7.10. The lowest BCUT2D eigenvalue weighted by molar-refractivity contribution is -0.119. The lowest BCUT2D eigenvalue weighted by atomic mass is 9.86. The molecule has 2 aliphatic heterocycles. The van der Waals surface area contributed by atoms with Crippen molar-refractivity contribution in [2.24, 2.45) is 5.41 Å². The summed E-state index contributed by atoms with van der Waals surface area (Å²) >= 11 is 0. The van der Waals surface area contributed by atoms with Gasteiger partial charge in [0.25, 0.3) is 5.91 Å². The summed E-state index contributed by atoms with van der Waals surface area (Å²) in [5, 5.41) is 11.9. The minimum Gasteiger partial charge on any atom is -0.355 e. The van der Waals surface area contributed by atoms with E-state index >= 15 is 0 Å². The summed E-state index contributed by atoms with van der Waals surface area (Å²) in [5.41, 5.74) is 1.87.